The van der Waals surface area contributed by atoms with E-state index in [0.717, 1.165) is 12.5 Å². The molecule has 4 nitrogen and oxygen atoms in total. The predicted molar refractivity (Wildman–Crippen MR) is 67.9 cm³/mol. The molecule has 0 saturated carbocycles. The van der Waals surface area contributed by atoms with Crippen LogP contribution in [0.25, 0.3) is 0 Å². The molecule has 1 rings (SSSR count). The smallest absolute Gasteiger partial charge is 0.248 e. The van der Waals surface area contributed by atoms with Crippen molar-refractivity contribution in [3.63, 3.8) is 0 Å². The monoisotopic (exact) mass is 246 g/mol. The number of carboxylic acid groups (broad SMARTS) is 1. The molecule has 0 aliphatic rings. The Kier molecular flexibility index (Phi) is 5.11. The SMILES string of the molecule is CC[C@H](C)c1ccc(NC(=O)/C=C/C(=O)[O-])cc1. The summed E-state index contributed by atoms with van der Waals surface area (Å²) in [6, 6.07) is 7.50. The van der Waals surface area contributed by atoms with E-state index in [4.69, 9.17) is 0 Å². The number of benzene rings is 1. The first kappa shape index (κ1) is 14.0. The number of rotatable bonds is 5. The lowest BCUT2D eigenvalue weighted by molar-refractivity contribution is -0.297. The van der Waals surface area contributed by atoms with Gasteiger partial charge in [0.25, 0.3) is 0 Å². The normalized spacial score (nSPS) is 12.3. The lowest BCUT2D eigenvalue weighted by Gasteiger charge is -2.09. The van der Waals surface area contributed by atoms with Gasteiger partial charge in [-0.05, 0) is 36.1 Å². The molecule has 1 atom stereocenters. The van der Waals surface area contributed by atoms with Crippen LogP contribution in [-0.4, -0.2) is 11.9 Å². The largest absolute Gasteiger partial charge is 0.545 e. The number of aliphatic carboxylic acids is 1. The van der Waals surface area contributed by atoms with Crippen LogP contribution in [0.3, 0.4) is 0 Å². The van der Waals surface area contributed by atoms with Gasteiger partial charge in [0, 0.05) is 11.8 Å². The lowest BCUT2D eigenvalue weighted by Crippen LogP contribution is -2.20. The Bertz CT molecular complexity index is 449. The zero-order valence-corrected chi connectivity index (χ0v) is 10.5. The molecular weight excluding hydrogens is 230 g/mol. The fourth-order valence-corrected chi connectivity index (χ4v) is 1.46. The fourth-order valence-electron chi connectivity index (χ4n) is 1.46. The van der Waals surface area contributed by atoms with Crippen molar-refractivity contribution in [3.8, 4) is 0 Å². The van der Waals surface area contributed by atoms with Gasteiger partial charge in [-0.15, -0.1) is 0 Å². The van der Waals surface area contributed by atoms with Crippen LogP contribution in [0.15, 0.2) is 36.4 Å². The van der Waals surface area contributed by atoms with E-state index in [-0.39, 0.29) is 0 Å². The Hall–Kier alpha value is -2.10. The predicted octanol–water partition coefficient (Wildman–Crippen LogP) is 1.44. The molecule has 0 fully saturated rings. The molecular formula is C14H16NO3-. The number of carboxylic acids is 1. The second-order valence-corrected chi connectivity index (χ2v) is 4.07. The maximum atomic E-state index is 11.3. The maximum absolute atomic E-state index is 11.3. The van der Waals surface area contributed by atoms with Gasteiger partial charge in [-0.2, -0.15) is 0 Å². The van der Waals surface area contributed by atoms with Crippen molar-refractivity contribution in [1.82, 2.24) is 0 Å². The summed E-state index contributed by atoms with van der Waals surface area (Å²) in [6.07, 6.45) is 2.68. The van der Waals surface area contributed by atoms with Crippen molar-refractivity contribution in [2.75, 3.05) is 5.32 Å². The average molecular weight is 246 g/mol. The molecule has 1 aromatic carbocycles. The number of carbonyl (C=O) groups excluding carboxylic acids is 2. The topological polar surface area (TPSA) is 69.2 Å². The zero-order valence-electron chi connectivity index (χ0n) is 10.5. The highest BCUT2D eigenvalue weighted by molar-refractivity contribution is 6.02. The second-order valence-electron chi connectivity index (χ2n) is 4.07. The van der Waals surface area contributed by atoms with Crippen LogP contribution in [-0.2, 0) is 9.59 Å². The summed E-state index contributed by atoms with van der Waals surface area (Å²) < 4.78 is 0. The average Bonchev–Trinajstić information content (AvgIpc) is 2.36. The zero-order chi connectivity index (χ0) is 13.5. The van der Waals surface area contributed by atoms with E-state index in [1.54, 1.807) is 12.1 Å². The summed E-state index contributed by atoms with van der Waals surface area (Å²) in [5.41, 5.74) is 1.84. The van der Waals surface area contributed by atoms with Crippen LogP contribution in [0.4, 0.5) is 5.69 Å². The van der Waals surface area contributed by atoms with E-state index < -0.39 is 11.9 Å². The van der Waals surface area contributed by atoms with E-state index in [1.165, 1.54) is 5.56 Å². The van der Waals surface area contributed by atoms with Crippen LogP contribution >= 0.6 is 0 Å². The first-order valence-electron chi connectivity index (χ1n) is 5.83. The Morgan fingerprint density at radius 1 is 1.28 bits per heavy atom. The molecule has 1 N–H and O–H groups in total. The van der Waals surface area contributed by atoms with E-state index in [9.17, 15) is 14.7 Å². The van der Waals surface area contributed by atoms with Crippen molar-refractivity contribution < 1.29 is 14.7 Å². The third-order valence-electron chi connectivity index (χ3n) is 2.73. The second kappa shape index (κ2) is 6.59. The highest BCUT2D eigenvalue weighted by Gasteiger charge is 2.03. The molecule has 0 aliphatic carbocycles. The molecule has 4 heteroatoms. The molecule has 0 saturated heterocycles. The summed E-state index contributed by atoms with van der Waals surface area (Å²) in [5, 5.41) is 12.7. The van der Waals surface area contributed by atoms with Gasteiger partial charge in [0.1, 0.15) is 0 Å². The minimum absolute atomic E-state index is 0.479. The Morgan fingerprint density at radius 2 is 1.89 bits per heavy atom. The van der Waals surface area contributed by atoms with Crippen LogP contribution in [0, 0.1) is 0 Å². The quantitative estimate of drug-likeness (QED) is 0.799. The van der Waals surface area contributed by atoms with Gasteiger partial charge in [-0.3, -0.25) is 4.79 Å². The summed E-state index contributed by atoms with van der Waals surface area (Å²) in [5.74, 6) is -1.40. The van der Waals surface area contributed by atoms with Gasteiger partial charge in [-0.1, -0.05) is 26.0 Å². The Balaban J connectivity index is 2.64. The van der Waals surface area contributed by atoms with Crippen LogP contribution < -0.4 is 10.4 Å². The van der Waals surface area contributed by atoms with E-state index >= 15 is 0 Å². The van der Waals surface area contributed by atoms with Gasteiger partial charge < -0.3 is 15.2 Å². The van der Waals surface area contributed by atoms with E-state index in [0.29, 0.717) is 17.7 Å². The molecule has 0 spiro atoms. The molecule has 0 unspecified atom stereocenters. The number of carbonyl (C=O) groups is 2. The Morgan fingerprint density at radius 3 is 2.39 bits per heavy atom. The van der Waals surface area contributed by atoms with Gasteiger partial charge in [0.15, 0.2) is 0 Å². The molecule has 0 radical (unpaired) electrons. The number of nitrogens with one attached hydrogen (secondary N) is 1. The van der Waals surface area contributed by atoms with E-state index in [2.05, 4.69) is 19.2 Å². The molecule has 0 aromatic heterocycles. The van der Waals surface area contributed by atoms with Crippen LogP contribution in [0.1, 0.15) is 31.7 Å². The molecule has 1 aromatic rings. The first-order chi connectivity index (χ1) is 8.52. The maximum Gasteiger partial charge on any atom is 0.248 e. The number of hydrogen-bond acceptors (Lipinski definition) is 3. The van der Waals surface area contributed by atoms with Gasteiger partial charge in [0.2, 0.25) is 5.91 Å². The molecule has 96 valence electrons. The minimum atomic E-state index is -1.39. The summed E-state index contributed by atoms with van der Waals surface area (Å²) in [4.78, 5) is 21.4. The van der Waals surface area contributed by atoms with Crippen molar-refractivity contribution in [2.45, 2.75) is 26.2 Å². The third-order valence-corrected chi connectivity index (χ3v) is 2.73. The molecule has 0 aliphatic heterocycles. The fraction of sp³-hybridized carbons (Fsp3) is 0.286. The van der Waals surface area contributed by atoms with Crippen molar-refractivity contribution in [1.29, 1.82) is 0 Å². The van der Waals surface area contributed by atoms with E-state index in [1.807, 2.05) is 12.1 Å². The van der Waals surface area contributed by atoms with Crippen LogP contribution in [0.5, 0.6) is 0 Å². The van der Waals surface area contributed by atoms with Gasteiger partial charge >= 0.3 is 0 Å². The highest BCUT2D eigenvalue weighted by Crippen LogP contribution is 2.20. The van der Waals surface area contributed by atoms with Crippen LogP contribution in [0.2, 0.25) is 0 Å². The lowest BCUT2D eigenvalue weighted by atomic mass is 9.99. The number of hydrogen-bond donors (Lipinski definition) is 1. The molecule has 1 amide bonds. The molecule has 18 heavy (non-hydrogen) atoms. The third kappa shape index (κ3) is 4.41. The van der Waals surface area contributed by atoms with Crippen molar-refractivity contribution >= 4 is 17.6 Å². The van der Waals surface area contributed by atoms with Crippen molar-refractivity contribution in [3.05, 3.63) is 42.0 Å². The van der Waals surface area contributed by atoms with Gasteiger partial charge in [0.05, 0.1) is 5.97 Å². The van der Waals surface area contributed by atoms with Gasteiger partial charge in [-0.25, -0.2) is 0 Å². The number of amides is 1. The molecule has 0 bridgehead atoms. The molecule has 0 heterocycles. The highest BCUT2D eigenvalue weighted by atomic mass is 16.4. The van der Waals surface area contributed by atoms with Crippen molar-refractivity contribution in [2.24, 2.45) is 0 Å². The Labute approximate surface area is 106 Å². The summed E-state index contributed by atoms with van der Waals surface area (Å²) >= 11 is 0. The standard InChI is InChI=1S/C14H17NO3/c1-3-10(2)11-4-6-12(7-5-11)15-13(16)8-9-14(17)18/h4-10H,3H2,1-2H3,(H,15,16)(H,17,18)/p-1/b9-8+/t10-/m0/s1. The summed E-state index contributed by atoms with van der Waals surface area (Å²) in [7, 11) is 0. The summed E-state index contributed by atoms with van der Waals surface area (Å²) in [6.45, 7) is 4.25. The minimum Gasteiger partial charge on any atom is -0.545 e. The first-order valence-corrected chi connectivity index (χ1v) is 5.83. The number of anilines is 1.